The minimum absolute atomic E-state index is 0.155. The minimum Gasteiger partial charge on any atom is -0.274 e. The van der Waals surface area contributed by atoms with E-state index in [0.29, 0.717) is 11.2 Å². The molecule has 0 saturated carbocycles. The van der Waals surface area contributed by atoms with E-state index in [2.05, 4.69) is 15.0 Å². The van der Waals surface area contributed by atoms with Crippen LogP contribution in [0.2, 0.25) is 5.15 Å². The molecule has 0 N–H and O–H groups in total. The lowest BCUT2D eigenvalue weighted by atomic mass is 10.5. The smallest absolute Gasteiger partial charge is 0.230 e. The molecule has 0 aromatic carbocycles. The number of halogens is 1. The fourth-order valence-corrected chi connectivity index (χ4v) is 1.21. The van der Waals surface area contributed by atoms with Crippen LogP contribution in [0.3, 0.4) is 0 Å². The van der Waals surface area contributed by atoms with E-state index in [1.807, 2.05) is 0 Å². The number of fused-ring (bicyclic) bond motifs is 1. The number of rotatable bonds is 0. The van der Waals surface area contributed by atoms with Gasteiger partial charge in [0.25, 0.3) is 0 Å². The molecule has 0 bridgehead atoms. The fourth-order valence-electron chi connectivity index (χ4n) is 1.04. The molecule has 13 heavy (non-hydrogen) atoms. The highest BCUT2D eigenvalue weighted by atomic mass is 35.5. The van der Waals surface area contributed by atoms with E-state index in [1.165, 1.54) is 24.1 Å². The number of hydrogen-bond donors (Lipinski definition) is 0. The second kappa shape index (κ2) is 2.77. The Balaban J connectivity index is 2.83. The van der Waals surface area contributed by atoms with E-state index >= 15 is 0 Å². The van der Waals surface area contributed by atoms with Gasteiger partial charge in [0.05, 0.1) is 0 Å². The predicted molar refractivity (Wildman–Crippen MR) is 46.6 cm³/mol. The quantitative estimate of drug-likeness (QED) is 0.593. The van der Waals surface area contributed by atoms with Crippen molar-refractivity contribution in [3.63, 3.8) is 0 Å². The number of hydrogen-bond acceptors (Lipinski definition) is 4. The van der Waals surface area contributed by atoms with Crippen LogP contribution in [-0.2, 0) is 0 Å². The zero-order chi connectivity index (χ0) is 9.42. The summed E-state index contributed by atoms with van der Waals surface area (Å²) in [5.41, 5.74) is 0.881. The maximum absolute atomic E-state index is 11.1. The Morgan fingerprint density at radius 3 is 2.92 bits per heavy atom. The molecule has 0 amide bonds. The summed E-state index contributed by atoms with van der Waals surface area (Å²) in [7, 11) is 0. The summed E-state index contributed by atoms with van der Waals surface area (Å²) in [6.07, 6.45) is 2.68. The Labute approximate surface area is 78.4 Å². The van der Waals surface area contributed by atoms with E-state index in [1.54, 1.807) is 0 Å². The van der Waals surface area contributed by atoms with Gasteiger partial charge in [0.2, 0.25) is 5.91 Å². The Morgan fingerprint density at radius 2 is 2.23 bits per heavy atom. The van der Waals surface area contributed by atoms with Crippen LogP contribution in [0.25, 0.3) is 11.2 Å². The summed E-state index contributed by atoms with van der Waals surface area (Å²) >= 11 is 5.74. The average Bonchev–Trinajstić information content (AvgIpc) is 2.48. The topological polar surface area (TPSA) is 60.7 Å². The Hall–Kier alpha value is -1.49. The first-order valence-electron chi connectivity index (χ1n) is 3.54. The van der Waals surface area contributed by atoms with E-state index in [-0.39, 0.29) is 11.1 Å². The van der Waals surface area contributed by atoms with E-state index in [0.717, 1.165) is 0 Å². The molecule has 5 nitrogen and oxygen atoms in total. The lowest BCUT2D eigenvalue weighted by molar-refractivity contribution is 0.0940. The van der Waals surface area contributed by atoms with Gasteiger partial charge in [-0.2, -0.15) is 0 Å². The van der Waals surface area contributed by atoms with Crippen molar-refractivity contribution in [1.82, 2.24) is 19.5 Å². The lowest BCUT2D eigenvalue weighted by Gasteiger charge is -1.95. The number of aromatic nitrogens is 4. The molecule has 2 aromatic rings. The van der Waals surface area contributed by atoms with Crippen molar-refractivity contribution >= 4 is 28.7 Å². The van der Waals surface area contributed by atoms with Gasteiger partial charge in [-0.25, -0.2) is 15.0 Å². The first-order valence-corrected chi connectivity index (χ1v) is 3.92. The summed E-state index contributed by atoms with van der Waals surface area (Å²) in [6, 6.07) is 0. The second-order valence-corrected chi connectivity index (χ2v) is 2.83. The molecule has 0 aliphatic heterocycles. The van der Waals surface area contributed by atoms with Crippen LogP contribution in [0.1, 0.15) is 11.7 Å². The van der Waals surface area contributed by atoms with Gasteiger partial charge in [-0.05, 0) is 0 Å². The van der Waals surface area contributed by atoms with Gasteiger partial charge in [-0.3, -0.25) is 9.36 Å². The molecule has 2 aromatic heterocycles. The maximum Gasteiger partial charge on any atom is 0.230 e. The minimum atomic E-state index is -0.155. The van der Waals surface area contributed by atoms with Crippen molar-refractivity contribution in [1.29, 1.82) is 0 Å². The normalized spacial score (nSPS) is 10.6. The molecule has 0 aliphatic rings. The molecule has 2 heterocycles. The zero-order valence-electron chi connectivity index (χ0n) is 6.73. The number of imidazole rings is 1. The van der Waals surface area contributed by atoms with Crippen molar-refractivity contribution in [2.45, 2.75) is 6.92 Å². The van der Waals surface area contributed by atoms with Crippen LogP contribution in [0.5, 0.6) is 0 Å². The van der Waals surface area contributed by atoms with E-state index in [4.69, 9.17) is 11.6 Å². The summed E-state index contributed by atoms with van der Waals surface area (Å²) < 4.78 is 1.32. The fraction of sp³-hybridized carbons (Fsp3) is 0.143. The van der Waals surface area contributed by atoms with Gasteiger partial charge in [0.1, 0.15) is 18.2 Å². The molecule has 0 unspecified atom stereocenters. The van der Waals surface area contributed by atoms with Crippen LogP contribution in [0, 0.1) is 0 Å². The molecular weight excluding hydrogens is 192 g/mol. The van der Waals surface area contributed by atoms with Crippen molar-refractivity contribution < 1.29 is 4.79 Å². The summed E-state index contributed by atoms with van der Waals surface area (Å²) in [5.74, 6) is -0.155. The number of carbonyl (C=O) groups is 1. The Morgan fingerprint density at radius 1 is 1.46 bits per heavy atom. The monoisotopic (exact) mass is 196 g/mol. The first kappa shape index (κ1) is 8.12. The molecule has 2 rings (SSSR count). The van der Waals surface area contributed by atoms with Crippen molar-refractivity contribution in [2.75, 3.05) is 0 Å². The summed E-state index contributed by atoms with van der Waals surface area (Å²) in [6.45, 7) is 1.43. The number of nitrogens with zero attached hydrogens (tertiary/aromatic N) is 4. The lowest BCUT2D eigenvalue weighted by Crippen LogP contribution is -2.04. The first-order chi connectivity index (χ1) is 6.20. The van der Waals surface area contributed by atoms with Gasteiger partial charge in [-0.1, -0.05) is 11.6 Å². The zero-order valence-corrected chi connectivity index (χ0v) is 7.49. The van der Waals surface area contributed by atoms with Crippen LogP contribution >= 0.6 is 11.6 Å². The van der Waals surface area contributed by atoms with Crippen LogP contribution in [0.4, 0.5) is 0 Å². The van der Waals surface area contributed by atoms with Gasteiger partial charge in [-0.15, -0.1) is 0 Å². The molecule has 0 radical (unpaired) electrons. The van der Waals surface area contributed by atoms with Gasteiger partial charge < -0.3 is 0 Å². The largest absolute Gasteiger partial charge is 0.274 e. The average molecular weight is 197 g/mol. The van der Waals surface area contributed by atoms with Gasteiger partial charge in [0, 0.05) is 6.92 Å². The van der Waals surface area contributed by atoms with E-state index in [9.17, 15) is 4.79 Å². The third kappa shape index (κ3) is 1.17. The van der Waals surface area contributed by atoms with E-state index < -0.39 is 0 Å². The van der Waals surface area contributed by atoms with Crippen LogP contribution in [0.15, 0.2) is 12.7 Å². The summed E-state index contributed by atoms with van der Waals surface area (Å²) in [5, 5.41) is 0.255. The molecule has 6 heteroatoms. The highest BCUT2D eigenvalue weighted by Crippen LogP contribution is 2.16. The molecule has 66 valence electrons. The molecule has 0 fully saturated rings. The third-order valence-corrected chi connectivity index (χ3v) is 1.90. The van der Waals surface area contributed by atoms with Crippen molar-refractivity contribution in [3.8, 4) is 0 Å². The molecule has 0 atom stereocenters. The molecule has 0 aliphatic carbocycles. The third-order valence-electron chi connectivity index (χ3n) is 1.63. The van der Waals surface area contributed by atoms with Crippen LogP contribution in [-0.4, -0.2) is 25.4 Å². The van der Waals surface area contributed by atoms with Gasteiger partial charge >= 0.3 is 0 Å². The second-order valence-electron chi connectivity index (χ2n) is 2.47. The molecule has 0 saturated heterocycles. The Kier molecular flexibility index (Phi) is 1.73. The van der Waals surface area contributed by atoms with Crippen molar-refractivity contribution in [3.05, 3.63) is 17.8 Å². The predicted octanol–water partition coefficient (Wildman–Crippen LogP) is 1.14. The molecule has 0 spiro atoms. The van der Waals surface area contributed by atoms with Gasteiger partial charge in [0.15, 0.2) is 10.8 Å². The van der Waals surface area contributed by atoms with Crippen molar-refractivity contribution in [2.24, 2.45) is 0 Å². The maximum atomic E-state index is 11.1. The SMILES string of the molecule is CC(=O)n1cnc2c(Cl)ncnc21. The highest BCUT2D eigenvalue weighted by molar-refractivity contribution is 6.33. The van der Waals surface area contributed by atoms with Crippen LogP contribution < -0.4 is 0 Å². The highest BCUT2D eigenvalue weighted by Gasteiger charge is 2.09. The number of carbonyl (C=O) groups excluding carboxylic acids is 1. The summed E-state index contributed by atoms with van der Waals surface area (Å²) in [4.78, 5) is 22.6. The standard InChI is InChI=1S/C7H5ClN4O/c1-4(13)12-3-11-5-6(8)9-2-10-7(5)12/h2-3H,1H3. The molecular formula is C7H5ClN4O. The Bertz CT molecular complexity index is 478.